The highest BCUT2D eigenvalue weighted by Gasteiger charge is 2.26. The third-order valence-corrected chi connectivity index (χ3v) is 7.02. The zero-order valence-electron chi connectivity index (χ0n) is 16.7. The van der Waals surface area contributed by atoms with E-state index in [0.717, 1.165) is 41.0 Å². The molecule has 3 aromatic rings. The summed E-state index contributed by atoms with van der Waals surface area (Å²) in [6.45, 7) is 3.72. The number of amides is 1. The zero-order valence-corrected chi connectivity index (χ0v) is 17.5. The summed E-state index contributed by atoms with van der Waals surface area (Å²) >= 11 is 0. The van der Waals surface area contributed by atoms with Gasteiger partial charge in [-0.15, -0.1) is 0 Å². The van der Waals surface area contributed by atoms with Crippen LogP contribution in [-0.4, -0.2) is 46.2 Å². The molecule has 0 radical (unpaired) electrons. The molecule has 3 heterocycles. The van der Waals surface area contributed by atoms with Gasteiger partial charge in [-0.05, 0) is 44.1 Å². The second kappa shape index (κ2) is 8.16. The lowest BCUT2D eigenvalue weighted by atomic mass is 9.96. The lowest BCUT2D eigenvalue weighted by Gasteiger charge is -2.26. The molecule has 0 spiro atoms. The Balaban J connectivity index is 1.49. The van der Waals surface area contributed by atoms with Crippen LogP contribution in [0, 0.1) is 0 Å². The van der Waals surface area contributed by atoms with Crippen LogP contribution in [0.5, 0.6) is 0 Å². The normalized spacial score (nSPS) is 18.3. The average molecular weight is 421 g/mol. The molecule has 1 amide bonds. The van der Waals surface area contributed by atoms with Crippen molar-refractivity contribution in [3.8, 4) is 11.1 Å². The lowest BCUT2D eigenvalue weighted by Crippen LogP contribution is -2.37. The Morgan fingerprint density at radius 2 is 1.93 bits per heavy atom. The van der Waals surface area contributed by atoms with E-state index in [0.29, 0.717) is 23.3 Å². The molecule has 1 fully saturated rings. The highest BCUT2D eigenvalue weighted by molar-refractivity contribution is 7.86. The summed E-state index contributed by atoms with van der Waals surface area (Å²) in [4.78, 5) is 20.8. The van der Waals surface area contributed by atoms with Gasteiger partial charge in [0.05, 0.1) is 16.1 Å². The topological polar surface area (TPSA) is 74.3 Å². The third-order valence-electron chi connectivity index (χ3n) is 5.87. The number of nitrogens with zero attached hydrogens (tertiary/aromatic N) is 2. The van der Waals surface area contributed by atoms with Crippen molar-refractivity contribution in [1.29, 1.82) is 0 Å². The van der Waals surface area contributed by atoms with Crippen molar-refractivity contribution in [2.45, 2.75) is 24.2 Å². The Labute approximate surface area is 178 Å². The number of fused-ring (bicyclic) bond motifs is 5. The van der Waals surface area contributed by atoms with E-state index in [9.17, 15) is 9.00 Å². The van der Waals surface area contributed by atoms with Gasteiger partial charge in [0.15, 0.2) is 11.0 Å². The highest BCUT2D eigenvalue weighted by Crippen LogP contribution is 2.42. The number of piperidine rings is 1. The van der Waals surface area contributed by atoms with Crippen molar-refractivity contribution in [2.75, 3.05) is 30.9 Å². The van der Waals surface area contributed by atoms with Crippen LogP contribution in [-0.2, 0) is 11.0 Å². The largest absolute Gasteiger partial charge is 0.351 e. The Morgan fingerprint density at radius 1 is 1.10 bits per heavy atom. The van der Waals surface area contributed by atoms with Gasteiger partial charge in [0.25, 0.3) is 5.91 Å². The molecule has 1 aromatic heterocycles. The third kappa shape index (κ3) is 3.48. The van der Waals surface area contributed by atoms with Gasteiger partial charge in [-0.2, -0.15) is 0 Å². The number of anilines is 1. The van der Waals surface area contributed by atoms with Crippen molar-refractivity contribution in [2.24, 2.45) is 0 Å². The molecule has 1 saturated heterocycles. The van der Waals surface area contributed by atoms with Crippen molar-refractivity contribution in [3.05, 3.63) is 54.2 Å². The maximum Gasteiger partial charge on any atom is 0.252 e. The first-order chi connectivity index (χ1) is 14.7. The molecule has 2 N–H and O–H groups in total. The van der Waals surface area contributed by atoms with Gasteiger partial charge in [-0.25, -0.2) is 4.21 Å². The van der Waals surface area contributed by atoms with Gasteiger partial charge < -0.3 is 10.2 Å². The van der Waals surface area contributed by atoms with Gasteiger partial charge in [-0.3, -0.25) is 14.5 Å². The van der Waals surface area contributed by atoms with E-state index in [-0.39, 0.29) is 5.91 Å². The van der Waals surface area contributed by atoms with Crippen LogP contribution in [0.2, 0.25) is 0 Å². The zero-order chi connectivity index (χ0) is 20.5. The quantitative estimate of drug-likeness (QED) is 0.677. The van der Waals surface area contributed by atoms with Crippen LogP contribution >= 0.6 is 0 Å². The number of carbonyl (C=O) groups is 1. The van der Waals surface area contributed by atoms with Crippen molar-refractivity contribution in [3.63, 3.8) is 0 Å². The maximum atomic E-state index is 13.1. The van der Waals surface area contributed by atoms with Gasteiger partial charge in [0.2, 0.25) is 0 Å². The van der Waals surface area contributed by atoms with Crippen LogP contribution < -0.4 is 10.0 Å². The number of hydrogen-bond acceptors (Lipinski definition) is 4. The number of rotatable bonds is 4. The molecular weight excluding hydrogens is 396 g/mol. The van der Waals surface area contributed by atoms with Gasteiger partial charge >= 0.3 is 0 Å². The summed E-state index contributed by atoms with van der Waals surface area (Å²) in [6, 6.07) is 13.2. The molecule has 0 saturated carbocycles. The van der Waals surface area contributed by atoms with Crippen LogP contribution in [0.15, 0.2) is 53.6 Å². The number of pyridine rings is 1. The Bertz CT molecular complexity index is 1140. The fourth-order valence-electron chi connectivity index (χ4n) is 4.35. The number of benzene rings is 2. The molecule has 1 atom stereocenters. The molecule has 7 heteroatoms. The monoisotopic (exact) mass is 420 g/mol. The predicted molar refractivity (Wildman–Crippen MR) is 120 cm³/mol. The summed E-state index contributed by atoms with van der Waals surface area (Å²) in [6.07, 6.45) is 5.48. The van der Waals surface area contributed by atoms with E-state index < -0.39 is 11.0 Å². The van der Waals surface area contributed by atoms with E-state index >= 15 is 0 Å². The van der Waals surface area contributed by atoms with Crippen LogP contribution in [0.3, 0.4) is 0 Å². The minimum atomic E-state index is -1.35. The van der Waals surface area contributed by atoms with Crippen LogP contribution in [0.25, 0.3) is 22.0 Å². The fraction of sp³-hybridized carbons (Fsp3) is 0.304. The first-order valence-corrected chi connectivity index (χ1v) is 11.6. The van der Waals surface area contributed by atoms with E-state index in [4.69, 9.17) is 0 Å². The Hall–Kier alpha value is -2.77. The number of carbonyl (C=O) groups excluding carboxylic acids is 1. The lowest BCUT2D eigenvalue weighted by molar-refractivity contribution is 0.0948. The van der Waals surface area contributed by atoms with Crippen molar-refractivity contribution < 1.29 is 9.00 Å². The molecule has 0 aliphatic carbocycles. The first kappa shape index (κ1) is 19.2. The number of aromatic nitrogens is 1. The molecule has 6 nitrogen and oxygen atoms in total. The smallest absolute Gasteiger partial charge is 0.252 e. The van der Waals surface area contributed by atoms with E-state index in [1.165, 1.54) is 19.3 Å². The van der Waals surface area contributed by atoms with Gasteiger partial charge in [0, 0.05) is 41.4 Å². The average Bonchev–Trinajstić information content (AvgIpc) is 2.79. The van der Waals surface area contributed by atoms with Crippen molar-refractivity contribution in [1.82, 2.24) is 15.2 Å². The van der Waals surface area contributed by atoms with Crippen LogP contribution in [0.1, 0.15) is 29.6 Å². The minimum absolute atomic E-state index is 0.100. The second-order valence-electron chi connectivity index (χ2n) is 7.77. The van der Waals surface area contributed by atoms with Crippen LogP contribution in [0.4, 0.5) is 5.69 Å². The standard InChI is InChI=1S/C23H24N4O2S/c28-23(25-11-14-27-12-4-1-5-13-27)19-15-18-16-7-2-3-9-20(16)30(29)26-22(18)21-17(19)8-6-10-24-21/h2-3,6-10,15,26H,1,4-5,11-14H2,(H,25,28). The summed E-state index contributed by atoms with van der Waals surface area (Å²) in [5, 5.41) is 3.85. The van der Waals surface area contributed by atoms with E-state index in [1.54, 1.807) is 6.20 Å². The molecule has 1 unspecified atom stereocenters. The highest BCUT2D eigenvalue weighted by atomic mass is 32.2. The molecule has 30 heavy (non-hydrogen) atoms. The maximum absolute atomic E-state index is 13.1. The van der Waals surface area contributed by atoms with Gasteiger partial charge in [-0.1, -0.05) is 30.7 Å². The SMILES string of the molecule is O=C(NCCN1CCCCC1)c1cc2c(c3ncccc13)NS(=O)c1ccccc1-2. The number of nitrogens with one attached hydrogen (secondary N) is 2. The van der Waals surface area contributed by atoms with Gasteiger partial charge in [0.1, 0.15) is 0 Å². The summed E-state index contributed by atoms with van der Waals surface area (Å²) < 4.78 is 15.8. The molecule has 5 rings (SSSR count). The first-order valence-electron chi connectivity index (χ1n) is 10.4. The number of hydrogen-bond donors (Lipinski definition) is 2. The Kier molecular flexibility index (Phi) is 5.23. The molecular formula is C23H24N4O2S. The summed E-state index contributed by atoms with van der Waals surface area (Å²) in [5.74, 6) is -0.100. The Morgan fingerprint density at radius 3 is 2.80 bits per heavy atom. The molecule has 2 aliphatic heterocycles. The number of likely N-dealkylation sites (tertiary alicyclic amines) is 1. The molecule has 154 valence electrons. The summed E-state index contributed by atoms with van der Waals surface area (Å²) in [7, 11) is -1.35. The predicted octanol–water partition coefficient (Wildman–Crippen LogP) is 3.57. The van der Waals surface area contributed by atoms with Crippen molar-refractivity contribution >= 4 is 33.5 Å². The van der Waals surface area contributed by atoms with E-state index in [2.05, 4.69) is 19.9 Å². The molecule has 2 aliphatic rings. The summed E-state index contributed by atoms with van der Waals surface area (Å²) in [5.41, 5.74) is 3.71. The molecule has 2 aromatic carbocycles. The fourth-order valence-corrected chi connectivity index (χ4v) is 5.43. The molecule has 0 bridgehead atoms. The minimum Gasteiger partial charge on any atom is -0.351 e. The van der Waals surface area contributed by atoms with E-state index in [1.807, 2.05) is 42.5 Å². The second-order valence-corrected chi connectivity index (χ2v) is 8.95.